The van der Waals surface area contributed by atoms with E-state index in [1.807, 2.05) is 17.7 Å². The van der Waals surface area contributed by atoms with Gasteiger partial charge in [-0.2, -0.15) is 0 Å². The Morgan fingerprint density at radius 1 is 1.11 bits per heavy atom. The van der Waals surface area contributed by atoms with Gasteiger partial charge in [0.15, 0.2) is 17.3 Å². The van der Waals surface area contributed by atoms with Crippen LogP contribution >= 0.6 is 0 Å². The van der Waals surface area contributed by atoms with Crippen molar-refractivity contribution in [3.63, 3.8) is 0 Å². The lowest BCUT2D eigenvalue weighted by molar-refractivity contribution is 0.0595. The fourth-order valence-electron chi connectivity index (χ4n) is 4.49. The van der Waals surface area contributed by atoms with Crippen molar-refractivity contribution in [2.45, 2.75) is 6.54 Å². The number of likely N-dealkylation sites (N-methyl/N-ethyl adjacent to an activating group) is 1. The van der Waals surface area contributed by atoms with Gasteiger partial charge in [-0.1, -0.05) is 6.07 Å². The van der Waals surface area contributed by atoms with Gasteiger partial charge in [0, 0.05) is 53.0 Å². The number of piperazine rings is 1. The van der Waals surface area contributed by atoms with E-state index < -0.39 is 11.8 Å². The molecule has 5 rings (SSSR count). The van der Waals surface area contributed by atoms with Crippen LogP contribution in [0.2, 0.25) is 0 Å². The van der Waals surface area contributed by atoms with Crippen LogP contribution in [0.4, 0.5) is 21.7 Å². The number of benzene rings is 1. The highest BCUT2D eigenvalue weighted by atomic mass is 19.1. The molecule has 0 amide bonds. The van der Waals surface area contributed by atoms with Crippen LogP contribution in [0.15, 0.2) is 36.9 Å². The number of esters is 1. The third-order valence-electron chi connectivity index (χ3n) is 6.69. The summed E-state index contributed by atoms with van der Waals surface area (Å²) in [5, 5.41) is 5.96. The van der Waals surface area contributed by atoms with Crippen LogP contribution in [-0.4, -0.2) is 87.7 Å². The summed E-state index contributed by atoms with van der Waals surface area (Å²) in [4.78, 5) is 35.3. The van der Waals surface area contributed by atoms with E-state index in [0.29, 0.717) is 29.1 Å². The molecular weight excluding hydrogens is 489 g/mol. The molecule has 0 atom stereocenters. The number of hydrogen-bond acceptors (Lipinski definition) is 10. The molecule has 4 aromatic rings. The number of aryl methyl sites for hydroxylation is 1. The van der Waals surface area contributed by atoms with Gasteiger partial charge in [-0.15, -0.1) is 0 Å². The summed E-state index contributed by atoms with van der Waals surface area (Å²) >= 11 is 0. The fraction of sp³-hybridized carbons (Fsp3) is 0.346. The fourth-order valence-corrected chi connectivity index (χ4v) is 4.49. The van der Waals surface area contributed by atoms with E-state index in [2.05, 4.69) is 47.4 Å². The van der Waals surface area contributed by atoms with Crippen molar-refractivity contribution >= 4 is 34.3 Å². The first-order valence-corrected chi connectivity index (χ1v) is 12.3. The lowest BCUT2D eigenvalue weighted by Crippen LogP contribution is -2.43. The van der Waals surface area contributed by atoms with Crippen LogP contribution in [0.25, 0.3) is 22.3 Å². The summed E-state index contributed by atoms with van der Waals surface area (Å²) in [6.07, 6.45) is 4.99. The van der Waals surface area contributed by atoms with E-state index in [9.17, 15) is 4.79 Å². The highest BCUT2D eigenvalue weighted by molar-refractivity contribution is 5.98. The Morgan fingerprint density at radius 2 is 1.89 bits per heavy atom. The SMILES string of the molecule is CNc1nc(Nc2ccc(CN3CCN(C)CC3)cc2F)c(C(=O)OC)nc1-c1cncc2c1ncn2C. The quantitative estimate of drug-likeness (QED) is 0.353. The molecule has 0 saturated carbocycles. The number of nitrogens with one attached hydrogen (secondary N) is 2. The van der Waals surface area contributed by atoms with Gasteiger partial charge in [-0.3, -0.25) is 9.88 Å². The Kier molecular flexibility index (Phi) is 7.16. The number of ether oxygens (including phenoxy) is 1. The van der Waals surface area contributed by atoms with Gasteiger partial charge >= 0.3 is 5.97 Å². The number of methoxy groups -OCH3 is 1. The number of rotatable bonds is 7. The van der Waals surface area contributed by atoms with Crippen LogP contribution in [0.5, 0.6) is 0 Å². The molecule has 12 heteroatoms. The van der Waals surface area contributed by atoms with Gasteiger partial charge in [-0.05, 0) is 24.7 Å². The second kappa shape index (κ2) is 10.7. The van der Waals surface area contributed by atoms with Crippen molar-refractivity contribution in [3.8, 4) is 11.3 Å². The lowest BCUT2D eigenvalue weighted by Gasteiger charge is -2.32. The number of pyridine rings is 1. The average molecular weight is 520 g/mol. The molecule has 38 heavy (non-hydrogen) atoms. The Morgan fingerprint density at radius 3 is 2.61 bits per heavy atom. The van der Waals surface area contributed by atoms with Crippen LogP contribution in [0.3, 0.4) is 0 Å². The molecule has 198 valence electrons. The summed E-state index contributed by atoms with van der Waals surface area (Å²) in [6, 6.07) is 5.03. The molecule has 0 radical (unpaired) electrons. The molecule has 0 unspecified atom stereocenters. The summed E-state index contributed by atoms with van der Waals surface area (Å²) < 4.78 is 22.0. The molecule has 0 aliphatic carbocycles. The molecule has 4 heterocycles. The number of carbonyl (C=O) groups excluding carboxylic acids is 1. The Hall–Kier alpha value is -4.16. The van der Waals surface area contributed by atoms with E-state index in [0.717, 1.165) is 37.3 Å². The molecule has 3 aromatic heterocycles. The molecule has 11 nitrogen and oxygen atoms in total. The predicted molar refractivity (Wildman–Crippen MR) is 143 cm³/mol. The van der Waals surface area contributed by atoms with Crippen molar-refractivity contribution in [1.29, 1.82) is 0 Å². The number of hydrogen-bond donors (Lipinski definition) is 2. The first kappa shape index (κ1) is 25.5. The maximum absolute atomic E-state index is 15.2. The Bertz CT molecular complexity index is 1480. The van der Waals surface area contributed by atoms with E-state index in [4.69, 9.17) is 4.74 Å². The zero-order chi connectivity index (χ0) is 26.8. The number of halogens is 1. The molecule has 1 aliphatic rings. The topological polar surface area (TPSA) is 113 Å². The second-order valence-corrected chi connectivity index (χ2v) is 9.29. The first-order chi connectivity index (χ1) is 18.4. The number of anilines is 3. The van der Waals surface area contributed by atoms with Crippen LogP contribution in [-0.2, 0) is 18.3 Å². The van der Waals surface area contributed by atoms with Crippen molar-refractivity contribution in [3.05, 3.63) is 54.0 Å². The predicted octanol–water partition coefficient (Wildman–Crippen LogP) is 2.88. The number of aromatic nitrogens is 5. The monoisotopic (exact) mass is 519 g/mol. The number of fused-ring (bicyclic) bond motifs is 1. The smallest absolute Gasteiger partial charge is 0.360 e. The number of carbonyl (C=O) groups is 1. The minimum atomic E-state index is -0.711. The standard InChI is InChI=1S/C26H30FN9O2/c1-28-24-22(17-12-29-13-20-21(17)30-15-35(20)3)32-23(26(37)38-4)25(33-24)31-19-6-5-16(11-18(19)27)14-36-9-7-34(2)8-10-36/h5-6,11-13,15H,7-10,14H2,1-4H3,(H2,28,31,33). The molecular formula is C26H30FN9O2. The van der Waals surface area contributed by atoms with Crippen LogP contribution in [0, 0.1) is 5.82 Å². The van der Waals surface area contributed by atoms with Crippen LogP contribution < -0.4 is 10.6 Å². The highest BCUT2D eigenvalue weighted by Gasteiger charge is 2.24. The van der Waals surface area contributed by atoms with Gasteiger partial charge in [0.1, 0.15) is 17.0 Å². The van der Waals surface area contributed by atoms with Gasteiger partial charge in [0.2, 0.25) is 0 Å². The van der Waals surface area contributed by atoms with Crippen LogP contribution in [0.1, 0.15) is 16.1 Å². The van der Waals surface area contributed by atoms with Crippen molar-refractivity contribution in [2.75, 3.05) is 58.0 Å². The normalized spacial score (nSPS) is 14.6. The maximum Gasteiger partial charge on any atom is 0.360 e. The van der Waals surface area contributed by atoms with Crippen molar-refractivity contribution in [1.82, 2.24) is 34.3 Å². The maximum atomic E-state index is 15.2. The largest absolute Gasteiger partial charge is 0.464 e. The molecule has 1 aromatic carbocycles. The lowest BCUT2D eigenvalue weighted by atomic mass is 10.1. The van der Waals surface area contributed by atoms with E-state index >= 15 is 4.39 Å². The Labute approximate surface area is 219 Å². The summed E-state index contributed by atoms with van der Waals surface area (Å²) in [7, 11) is 6.91. The molecule has 0 bridgehead atoms. The van der Waals surface area contributed by atoms with Gasteiger partial charge in [0.05, 0.1) is 36.4 Å². The summed E-state index contributed by atoms with van der Waals surface area (Å²) in [6.45, 7) is 4.54. The van der Waals surface area contributed by atoms with E-state index in [-0.39, 0.29) is 17.2 Å². The van der Waals surface area contributed by atoms with E-state index in [1.54, 1.807) is 31.8 Å². The molecule has 0 spiro atoms. The zero-order valence-corrected chi connectivity index (χ0v) is 21.8. The zero-order valence-electron chi connectivity index (χ0n) is 21.8. The average Bonchev–Trinajstić information content (AvgIpc) is 3.31. The highest BCUT2D eigenvalue weighted by Crippen LogP contribution is 2.33. The molecule has 1 fully saturated rings. The Balaban J connectivity index is 1.48. The van der Waals surface area contributed by atoms with Gasteiger partial charge in [-0.25, -0.2) is 24.1 Å². The molecule has 1 aliphatic heterocycles. The summed E-state index contributed by atoms with van der Waals surface area (Å²) in [5.74, 6) is -0.729. The van der Waals surface area contributed by atoms with E-state index in [1.165, 1.54) is 13.2 Å². The second-order valence-electron chi connectivity index (χ2n) is 9.29. The van der Waals surface area contributed by atoms with Gasteiger partial charge < -0.3 is 24.8 Å². The molecule has 2 N–H and O–H groups in total. The number of imidazole rings is 1. The third kappa shape index (κ3) is 5.00. The third-order valence-corrected chi connectivity index (χ3v) is 6.69. The van der Waals surface area contributed by atoms with Crippen molar-refractivity contribution in [2.24, 2.45) is 7.05 Å². The summed E-state index contributed by atoms with van der Waals surface area (Å²) in [5.41, 5.74) is 3.39. The minimum Gasteiger partial charge on any atom is -0.464 e. The number of nitrogens with zero attached hydrogens (tertiary/aromatic N) is 7. The first-order valence-electron chi connectivity index (χ1n) is 12.3. The minimum absolute atomic E-state index is 0.0665. The molecule has 1 saturated heterocycles. The van der Waals surface area contributed by atoms with Crippen molar-refractivity contribution < 1.29 is 13.9 Å². The van der Waals surface area contributed by atoms with Gasteiger partial charge in [0.25, 0.3) is 0 Å².